The zero-order chi connectivity index (χ0) is 9.10. The summed E-state index contributed by atoms with van der Waals surface area (Å²) in [6.07, 6.45) is 5.36. The molecule has 0 aromatic carbocycles. The number of likely N-dealkylation sites (tertiary alicyclic amines) is 1. The Morgan fingerprint density at radius 2 is 2.62 bits per heavy atom. The van der Waals surface area contributed by atoms with E-state index < -0.39 is 0 Å². The molecule has 0 amide bonds. The Labute approximate surface area is 77.2 Å². The Kier molecular flexibility index (Phi) is 2.61. The normalized spacial score (nSPS) is 23.9. The zero-order valence-electron chi connectivity index (χ0n) is 7.52. The first kappa shape index (κ1) is 8.72. The second-order valence-electron chi connectivity index (χ2n) is 3.43. The molecule has 0 spiro atoms. The van der Waals surface area contributed by atoms with Crippen LogP contribution in [0.4, 0.5) is 0 Å². The van der Waals surface area contributed by atoms with Gasteiger partial charge < -0.3 is 9.52 Å². The van der Waals surface area contributed by atoms with E-state index in [4.69, 9.17) is 9.52 Å². The Hall–Kier alpha value is -0.870. The van der Waals surface area contributed by atoms with Gasteiger partial charge in [-0.15, -0.1) is 0 Å². The monoisotopic (exact) mass is 182 g/mol. The number of aromatic nitrogens is 1. The van der Waals surface area contributed by atoms with Crippen LogP contribution in [0.3, 0.4) is 0 Å². The molecular weight excluding hydrogens is 168 g/mol. The van der Waals surface area contributed by atoms with Crippen molar-refractivity contribution in [3.8, 4) is 0 Å². The van der Waals surface area contributed by atoms with Gasteiger partial charge in [-0.05, 0) is 19.4 Å². The van der Waals surface area contributed by atoms with Gasteiger partial charge in [0.1, 0.15) is 6.26 Å². The fourth-order valence-electron chi connectivity index (χ4n) is 1.83. The molecule has 1 aromatic rings. The van der Waals surface area contributed by atoms with E-state index in [9.17, 15) is 0 Å². The molecule has 1 aromatic heterocycles. The lowest BCUT2D eigenvalue weighted by atomic mass is 10.2. The number of rotatable bonds is 3. The predicted octanol–water partition coefficient (Wildman–Crippen LogP) is 0.631. The van der Waals surface area contributed by atoms with Crippen molar-refractivity contribution in [2.24, 2.45) is 0 Å². The molecule has 72 valence electrons. The summed E-state index contributed by atoms with van der Waals surface area (Å²) in [4.78, 5) is 6.31. The highest BCUT2D eigenvalue weighted by Crippen LogP contribution is 2.18. The maximum absolute atomic E-state index is 9.08. The van der Waals surface area contributed by atoms with Crippen LogP contribution >= 0.6 is 0 Å². The van der Waals surface area contributed by atoms with Gasteiger partial charge in [0.15, 0.2) is 6.39 Å². The van der Waals surface area contributed by atoms with Crippen molar-refractivity contribution >= 4 is 0 Å². The van der Waals surface area contributed by atoms with Crippen LogP contribution in [0, 0.1) is 0 Å². The van der Waals surface area contributed by atoms with Gasteiger partial charge >= 0.3 is 0 Å². The van der Waals surface area contributed by atoms with E-state index in [2.05, 4.69) is 9.88 Å². The summed E-state index contributed by atoms with van der Waals surface area (Å²) in [7, 11) is 0. The molecular formula is C9H14N2O2. The van der Waals surface area contributed by atoms with Gasteiger partial charge in [-0.3, -0.25) is 4.90 Å². The van der Waals surface area contributed by atoms with Crippen molar-refractivity contribution in [3.05, 3.63) is 18.4 Å². The second-order valence-corrected chi connectivity index (χ2v) is 3.43. The van der Waals surface area contributed by atoms with Gasteiger partial charge in [-0.2, -0.15) is 0 Å². The highest BCUT2D eigenvalue weighted by Gasteiger charge is 2.23. The summed E-state index contributed by atoms with van der Waals surface area (Å²) < 4.78 is 4.89. The summed E-state index contributed by atoms with van der Waals surface area (Å²) in [6.45, 7) is 2.09. The third-order valence-electron chi connectivity index (χ3n) is 2.56. The van der Waals surface area contributed by atoms with Crippen molar-refractivity contribution in [3.63, 3.8) is 0 Å². The quantitative estimate of drug-likeness (QED) is 0.745. The number of hydrogen-bond acceptors (Lipinski definition) is 4. The highest BCUT2D eigenvalue weighted by molar-refractivity contribution is 4.93. The van der Waals surface area contributed by atoms with Crippen molar-refractivity contribution in [1.82, 2.24) is 9.88 Å². The van der Waals surface area contributed by atoms with Crippen LogP contribution in [0.1, 0.15) is 18.5 Å². The molecule has 1 saturated heterocycles. The van der Waals surface area contributed by atoms with E-state index in [1.165, 1.54) is 12.8 Å². The summed E-state index contributed by atoms with van der Waals surface area (Å²) in [5.41, 5.74) is 0.945. The van der Waals surface area contributed by atoms with Crippen molar-refractivity contribution < 1.29 is 9.52 Å². The topological polar surface area (TPSA) is 49.5 Å². The fraction of sp³-hybridized carbons (Fsp3) is 0.667. The van der Waals surface area contributed by atoms with Crippen LogP contribution in [0.2, 0.25) is 0 Å². The summed E-state index contributed by atoms with van der Waals surface area (Å²) in [5.74, 6) is 0. The van der Waals surface area contributed by atoms with Gasteiger partial charge in [0, 0.05) is 12.6 Å². The Bertz CT molecular complexity index is 248. The van der Waals surface area contributed by atoms with E-state index in [0.29, 0.717) is 6.04 Å². The van der Waals surface area contributed by atoms with Crippen LogP contribution in [-0.4, -0.2) is 34.2 Å². The largest absolute Gasteiger partial charge is 0.451 e. The van der Waals surface area contributed by atoms with E-state index in [1.54, 1.807) is 6.26 Å². The number of nitrogens with zero attached hydrogens (tertiary/aromatic N) is 2. The number of oxazole rings is 1. The molecule has 1 atom stereocenters. The minimum absolute atomic E-state index is 0.248. The van der Waals surface area contributed by atoms with E-state index >= 15 is 0 Å². The standard InChI is InChI=1S/C9H14N2O2/c12-5-9-2-1-3-11(9)4-8-6-13-7-10-8/h6-7,9,12H,1-5H2/t9-/m0/s1. The Morgan fingerprint density at radius 3 is 3.31 bits per heavy atom. The summed E-state index contributed by atoms with van der Waals surface area (Å²) >= 11 is 0. The molecule has 0 bridgehead atoms. The molecule has 0 unspecified atom stereocenters. The van der Waals surface area contributed by atoms with Crippen LogP contribution in [-0.2, 0) is 6.54 Å². The van der Waals surface area contributed by atoms with Crippen molar-refractivity contribution in [1.29, 1.82) is 0 Å². The average Bonchev–Trinajstić information content (AvgIpc) is 2.76. The van der Waals surface area contributed by atoms with Gasteiger partial charge in [0.2, 0.25) is 0 Å². The van der Waals surface area contributed by atoms with Crippen LogP contribution in [0.25, 0.3) is 0 Å². The third-order valence-corrected chi connectivity index (χ3v) is 2.56. The molecule has 2 rings (SSSR count). The predicted molar refractivity (Wildman–Crippen MR) is 47.0 cm³/mol. The molecule has 1 aliphatic heterocycles. The maximum Gasteiger partial charge on any atom is 0.180 e. The number of aliphatic hydroxyl groups is 1. The lowest BCUT2D eigenvalue weighted by Gasteiger charge is -2.20. The van der Waals surface area contributed by atoms with Crippen LogP contribution < -0.4 is 0 Å². The van der Waals surface area contributed by atoms with E-state index in [1.807, 2.05) is 0 Å². The average molecular weight is 182 g/mol. The smallest absolute Gasteiger partial charge is 0.180 e. The lowest BCUT2D eigenvalue weighted by Crippen LogP contribution is -2.31. The van der Waals surface area contributed by atoms with Crippen LogP contribution in [0.15, 0.2) is 17.1 Å². The maximum atomic E-state index is 9.08. The van der Waals surface area contributed by atoms with Gasteiger partial charge in [-0.25, -0.2) is 4.98 Å². The SMILES string of the molecule is OC[C@@H]1CCCN1Cc1cocn1. The molecule has 13 heavy (non-hydrogen) atoms. The van der Waals surface area contributed by atoms with Crippen molar-refractivity contribution in [2.45, 2.75) is 25.4 Å². The lowest BCUT2D eigenvalue weighted by molar-refractivity contribution is 0.152. The van der Waals surface area contributed by atoms with E-state index in [-0.39, 0.29) is 6.61 Å². The highest BCUT2D eigenvalue weighted by atomic mass is 16.3. The molecule has 4 heteroatoms. The molecule has 0 radical (unpaired) electrons. The van der Waals surface area contributed by atoms with E-state index in [0.717, 1.165) is 25.2 Å². The number of hydrogen-bond donors (Lipinski definition) is 1. The summed E-state index contributed by atoms with van der Waals surface area (Å²) in [5, 5.41) is 9.08. The summed E-state index contributed by atoms with van der Waals surface area (Å²) in [6, 6.07) is 0.316. The molecule has 2 heterocycles. The minimum atomic E-state index is 0.248. The molecule has 1 aliphatic rings. The number of aliphatic hydroxyl groups excluding tert-OH is 1. The molecule has 4 nitrogen and oxygen atoms in total. The second kappa shape index (κ2) is 3.89. The minimum Gasteiger partial charge on any atom is -0.451 e. The van der Waals surface area contributed by atoms with Gasteiger partial charge in [-0.1, -0.05) is 0 Å². The van der Waals surface area contributed by atoms with Crippen molar-refractivity contribution in [2.75, 3.05) is 13.2 Å². The first-order valence-corrected chi connectivity index (χ1v) is 4.62. The Balaban J connectivity index is 1.94. The zero-order valence-corrected chi connectivity index (χ0v) is 7.52. The first-order valence-electron chi connectivity index (χ1n) is 4.62. The molecule has 0 saturated carbocycles. The molecule has 1 fully saturated rings. The first-order chi connectivity index (χ1) is 6.40. The Morgan fingerprint density at radius 1 is 1.69 bits per heavy atom. The third kappa shape index (κ3) is 1.89. The fourth-order valence-corrected chi connectivity index (χ4v) is 1.83. The molecule has 0 aliphatic carbocycles. The van der Waals surface area contributed by atoms with Gasteiger partial charge in [0.05, 0.1) is 12.3 Å². The van der Waals surface area contributed by atoms with Crippen LogP contribution in [0.5, 0.6) is 0 Å². The molecule has 1 N–H and O–H groups in total. The van der Waals surface area contributed by atoms with Gasteiger partial charge in [0.25, 0.3) is 0 Å².